The third-order valence-corrected chi connectivity index (χ3v) is 4.84. The van der Waals surface area contributed by atoms with E-state index in [1.807, 2.05) is 19.1 Å². The van der Waals surface area contributed by atoms with E-state index in [-0.39, 0.29) is 5.56 Å². The van der Waals surface area contributed by atoms with Crippen molar-refractivity contribution in [2.75, 3.05) is 26.3 Å². The van der Waals surface area contributed by atoms with Gasteiger partial charge < -0.3 is 9.84 Å². The van der Waals surface area contributed by atoms with Crippen molar-refractivity contribution in [2.24, 2.45) is 0 Å². The number of carbonyl (C=O) groups is 1. The van der Waals surface area contributed by atoms with Crippen LogP contribution in [0.25, 0.3) is 16.9 Å². The topological polar surface area (TPSA) is 93.4 Å². The number of morpholine rings is 1. The third kappa shape index (κ3) is 3.78. The number of aromatic nitrogens is 4. The lowest BCUT2D eigenvalue weighted by atomic mass is 10.1. The molecule has 0 amide bonds. The lowest BCUT2D eigenvalue weighted by molar-refractivity contribution is 0.0336. The van der Waals surface area contributed by atoms with Gasteiger partial charge >= 0.3 is 5.97 Å². The lowest BCUT2D eigenvalue weighted by Crippen LogP contribution is -2.35. The van der Waals surface area contributed by atoms with Gasteiger partial charge in [0.1, 0.15) is 0 Å². The highest BCUT2D eigenvalue weighted by molar-refractivity contribution is 5.88. The maximum atomic E-state index is 11.3. The first-order valence-electron chi connectivity index (χ1n) is 9.12. The molecule has 0 saturated carbocycles. The van der Waals surface area contributed by atoms with Gasteiger partial charge in [-0.3, -0.25) is 9.88 Å². The maximum Gasteiger partial charge on any atom is 0.335 e. The molecule has 4 rings (SSSR count). The summed E-state index contributed by atoms with van der Waals surface area (Å²) in [5.41, 5.74) is 4.43. The SMILES string of the molecule is Cc1ccc(C(=O)O)cc1-n1nncc1-c1ccc(CN2CCOCC2)nc1. The number of ether oxygens (including phenoxy) is 1. The predicted molar refractivity (Wildman–Crippen MR) is 102 cm³/mol. The normalized spacial score (nSPS) is 14.9. The van der Waals surface area contributed by atoms with Crippen molar-refractivity contribution in [2.45, 2.75) is 13.5 Å². The molecule has 1 N–H and O–H groups in total. The van der Waals surface area contributed by atoms with Gasteiger partial charge in [-0.05, 0) is 36.8 Å². The number of benzene rings is 1. The highest BCUT2D eigenvalue weighted by Crippen LogP contribution is 2.24. The summed E-state index contributed by atoms with van der Waals surface area (Å²) in [5.74, 6) is -0.975. The van der Waals surface area contributed by atoms with E-state index in [9.17, 15) is 9.90 Å². The molecule has 2 aromatic heterocycles. The molecule has 0 bridgehead atoms. The standard InChI is InChI=1S/C20H21N5O3/c1-14-2-3-15(20(26)27)10-18(14)25-19(12-22-23-25)16-4-5-17(21-11-16)13-24-6-8-28-9-7-24/h2-5,10-12H,6-9,13H2,1H3,(H,26,27). The highest BCUT2D eigenvalue weighted by Gasteiger charge is 2.15. The van der Waals surface area contributed by atoms with Crippen LogP contribution in [-0.4, -0.2) is 62.3 Å². The molecule has 3 heterocycles. The van der Waals surface area contributed by atoms with Gasteiger partial charge in [-0.2, -0.15) is 0 Å². The molecule has 1 aliphatic heterocycles. The van der Waals surface area contributed by atoms with Crippen LogP contribution in [0.1, 0.15) is 21.6 Å². The fourth-order valence-corrected chi connectivity index (χ4v) is 3.24. The Morgan fingerprint density at radius 1 is 1.18 bits per heavy atom. The van der Waals surface area contributed by atoms with E-state index in [0.717, 1.165) is 55.4 Å². The number of carboxylic acids is 1. The fraction of sp³-hybridized carbons (Fsp3) is 0.300. The summed E-state index contributed by atoms with van der Waals surface area (Å²) in [4.78, 5) is 18.2. The molecule has 144 valence electrons. The van der Waals surface area contributed by atoms with Crippen LogP contribution in [0.2, 0.25) is 0 Å². The molecule has 1 saturated heterocycles. The molecular formula is C20H21N5O3. The van der Waals surface area contributed by atoms with E-state index in [0.29, 0.717) is 5.69 Å². The van der Waals surface area contributed by atoms with Crippen molar-refractivity contribution in [1.82, 2.24) is 24.9 Å². The zero-order valence-electron chi connectivity index (χ0n) is 15.6. The van der Waals surface area contributed by atoms with Gasteiger partial charge in [0.2, 0.25) is 0 Å². The summed E-state index contributed by atoms with van der Waals surface area (Å²) in [5, 5.41) is 17.5. The van der Waals surface area contributed by atoms with Crippen molar-refractivity contribution in [3.05, 3.63) is 59.5 Å². The first-order valence-corrected chi connectivity index (χ1v) is 9.12. The van der Waals surface area contributed by atoms with Gasteiger partial charge in [-0.15, -0.1) is 5.10 Å². The summed E-state index contributed by atoms with van der Waals surface area (Å²) < 4.78 is 7.03. The molecular weight excluding hydrogens is 358 g/mol. The first-order chi connectivity index (χ1) is 13.6. The molecule has 0 atom stereocenters. The number of nitrogens with zero attached hydrogens (tertiary/aromatic N) is 5. The number of aryl methyl sites for hydroxylation is 1. The Kier molecular flexibility index (Phi) is 5.14. The molecule has 1 aliphatic rings. The van der Waals surface area contributed by atoms with Crippen molar-refractivity contribution in [1.29, 1.82) is 0 Å². The van der Waals surface area contributed by atoms with Crippen molar-refractivity contribution in [3.8, 4) is 16.9 Å². The largest absolute Gasteiger partial charge is 0.478 e. The quantitative estimate of drug-likeness (QED) is 0.726. The van der Waals surface area contributed by atoms with E-state index >= 15 is 0 Å². The third-order valence-electron chi connectivity index (χ3n) is 4.84. The predicted octanol–water partition coefficient (Wildman–Crippen LogP) is 2.17. The second-order valence-electron chi connectivity index (χ2n) is 6.76. The zero-order valence-corrected chi connectivity index (χ0v) is 15.6. The van der Waals surface area contributed by atoms with Gasteiger partial charge in [0.25, 0.3) is 0 Å². The minimum absolute atomic E-state index is 0.209. The Labute approximate surface area is 162 Å². The molecule has 3 aromatic rings. The number of hydrogen-bond acceptors (Lipinski definition) is 6. The number of hydrogen-bond donors (Lipinski definition) is 1. The number of rotatable bonds is 5. The van der Waals surface area contributed by atoms with Crippen molar-refractivity contribution in [3.63, 3.8) is 0 Å². The van der Waals surface area contributed by atoms with Crippen LogP contribution in [0.5, 0.6) is 0 Å². The van der Waals surface area contributed by atoms with Crippen LogP contribution < -0.4 is 0 Å². The Balaban J connectivity index is 1.61. The van der Waals surface area contributed by atoms with Gasteiger partial charge in [-0.1, -0.05) is 11.3 Å². The lowest BCUT2D eigenvalue weighted by Gasteiger charge is -2.26. The summed E-state index contributed by atoms with van der Waals surface area (Å²) in [6.07, 6.45) is 3.47. The first kappa shape index (κ1) is 18.3. The summed E-state index contributed by atoms with van der Waals surface area (Å²) in [7, 11) is 0. The zero-order chi connectivity index (χ0) is 19.5. The average Bonchev–Trinajstić information content (AvgIpc) is 3.19. The molecule has 0 radical (unpaired) electrons. The van der Waals surface area contributed by atoms with E-state index in [2.05, 4.69) is 20.2 Å². The van der Waals surface area contributed by atoms with Crippen molar-refractivity contribution >= 4 is 5.97 Å². The number of pyridine rings is 1. The molecule has 8 heteroatoms. The second-order valence-corrected chi connectivity index (χ2v) is 6.76. The molecule has 0 unspecified atom stereocenters. The van der Waals surface area contributed by atoms with Gasteiger partial charge in [0, 0.05) is 31.4 Å². The minimum atomic E-state index is -0.975. The van der Waals surface area contributed by atoms with Crippen LogP contribution in [0, 0.1) is 6.92 Å². The van der Waals surface area contributed by atoms with Crippen LogP contribution >= 0.6 is 0 Å². The molecule has 1 fully saturated rings. The Hall–Kier alpha value is -3.10. The van der Waals surface area contributed by atoms with Gasteiger partial charge in [-0.25, -0.2) is 9.48 Å². The van der Waals surface area contributed by atoms with E-state index in [1.165, 1.54) is 0 Å². The van der Waals surface area contributed by atoms with Crippen molar-refractivity contribution < 1.29 is 14.6 Å². The molecule has 8 nitrogen and oxygen atoms in total. The molecule has 1 aromatic carbocycles. The monoisotopic (exact) mass is 379 g/mol. The van der Waals surface area contributed by atoms with Crippen LogP contribution in [-0.2, 0) is 11.3 Å². The molecule has 28 heavy (non-hydrogen) atoms. The van der Waals surface area contributed by atoms with E-state index in [1.54, 1.807) is 35.3 Å². The smallest absolute Gasteiger partial charge is 0.335 e. The molecule has 0 spiro atoms. The summed E-state index contributed by atoms with van der Waals surface area (Å²) in [6, 6.07) is 8.96. The maximum absolute atomic E-state index is 11.3. The highest BCUT2D eigenvalue weighted by atomic mass is 16.5. The summed E-state index contributed by atoms with van der Waals surface area (Å²) >= 11 is 0. The molecule has 0 aliphatic carbocycles. The Morgan fingerprint density at radius 2 is 2.00 bits per heavy atom. The minimum Gasteiger partial charge on any atom is -0.478 e. The number of carboxylic acid groups (broad SMARTS) is 1. The van der Waals surface area contributed by atoms with Crippen LogP contribution in [0.3, 0.4) is 0 Å². The van der Waals surface area contributed by atoms with E-state index in [4.69, 9.17) is 4.74 Å². The van der Waals surface area contributed by atoms with Crippen LogP contribution in [0.4, 0.5) is 0 Å². The Bertz CT molecular complexity index is 978. The Morgan fingerprint density at radius 3 is 2.71 bits per heavy atom. The second kappa shape index (κ2) is 7.87. The van der Waals surface area contributed by atoms with Gasteiger partial charge in [0.05, 0.1) is 42.0 Å². The van der Waals surface area contributed by atoms with Crippen LogP contribution in [0.15, 0.2) is 42.7 Å². The van der Waals surface area contributed by atoms with Gasteiger partial charge in [0.15, 0.2) is 0 Å². The van der Waals surface area contributed by atoms with E-state index < -0.39 is 5.97 Å². The average molecular weight is 379 g/mol. The summed E-state index contributed by atoms with van der Waals surface area (Å²) in [6.45, 7) is 6.06. The fourth-order valence-electron chi connectivity index (χ4n) is 3.24. The number of aromatic carboxylic acids is 1.